The molecule has 0 saturated carbocycles. The number of hydrogen-bond donors (Lipinski definition) is 2. The zero-order valence-corrected chi connectivity index (χ0v) is 12.9. The molecule has 0 bridgehead atoms. The number of nitrogens with zero attached hydrogens (tertiary/aromatic N) is 3. The van der Waals surface area contributed by atoms with Crippen LogP contribution >= 0.6 is 12.4 Å². The van der Waals surface area contributed by atoms with Crippen LogP contribution in [0.4, 0.5) is 18.9 Å². The number of ether oxygens (including phenoxy) is 1. The molecule has 0 aromatic heterocycles. The zero-order chi connectivity index (χ0) is 16.2. The van der Waals surface area contributed by atoms with E-state index in [2.05, 4.69) is 14.7 Å². The molecule has 1 fully saturated rings. The molecule has 10 heteroatoms. The van der Waals surface area contributed by atoms with Gasteiger partial charge >= 0.3 is 6.36 Å². The fourth-order valence-corrected chi connectivity index (χ4v) is 2.01. The van der Waals surface area contributed by atoms with Crippen molar-refractivity contribution in [1.29, 1.82) is 0 Å². The monoisotopic (exact) mass is 351 g/mol. The second kappa shape index (κ2) is 7.91. The normalized spacial score (nSPS) is 16.2. The lowest BCUT2D eigenvalue weighted by Gasteiger charge is -2.15. The van der Waals surface area contributed by atoms with Crippen LogP contribution in [0.3, 0.4) is 0 Å². The van der Waals surface area contributed by atoms with Gasteiger partial charge in [0.25, 0.3) is 0 Å². The van der Waals surface area contributed by atoms with Crippen molar-refractivity contribution < 1.29 is 17.9 Å². The summed E-state index contributed by atoms with van der Waals surface area (Å²) in [5.74, 6) is -0.102. The van der Waals surface area contributed by atoms with Crippen LogP contribution in [0.25, 0.3) is 0 Å². The summed E-state index contributed by atoms with van der Waals surface area (Å²) in [7, 11) is 0. The van der Waals surface area contributed by atoms with E-state index in [1.54, 1.807) is 0 Å². The lowest BCUT2D eigenvalue weighted by atomic mass is 10.3. The second-order valence-corrected chi connectivity index (χ2v) is 4.68. The number of hydrogen-bond acceptors (Lipinski definition) is 2. The molecule has 0 aliphatic carbocycles. The number of rotatable bonds is 2. The zero-order valence-electron chi connectivity index (χ0n) is 12.1. The minimum absolute atomic E-state index is 0. The van der Waals surface area contributed by atoms with E-state index in [0.717, 1.165) is 38.1 Å². The first-order valence-corrected chi connectivity index (χ1v) is 6.62. The highest BCUT2D eigenvalue weighted by atomic mass is 35.5. The van der Waals surface area contributed by atoms with Gasteiger partial charge in [0.15, 0.2) is 5.96 Å². The fraction of sp³-hybridized carbons (Fsp3) is 0.385. The van der Waals surface area contributed by atoms with Crippen molar-refractivity contribution in [1.82, 2.24) is 4.90 Å². The van der Waals surface area contributed by atoms with Crippen molar-refractivity contribution in [2.45, 2.75) is 19.2 Å². The molecule has 1 aromatic carbocycles. The smallest absolute Gasteiger partial charge is 0.406 e. The third kappa shape index (κ3) is 6.23. The van der Waals surface area contributed by atoms with Crippen molar-refractivity contribution in [3.63, 3.8) is 0 Å². The average molecular weight is 352 g/mol. The van der Waals surface area contributed by atoms with Gasteiger partial charge in [-0.15, -0.1) is 25.6 Å². The van der Waals surface area contributed by atoms with E-state index < -0.39 is 6.36 Å². The summed E-state index contributed by atoms with van der Waals surface area (Å²) in [6, 6.07) is 4.98. The first kappa shape index (κ1) is 18.9. The summed E-state index contributed by atoms with van der Waals surface area (Å²) in [6.45, 7) is 1.65. The molecule has 23 heavy (non-hydrogen) atoms. The van der Waals surface area contributed by atoms with Crippen LogP contribution in [-0.4, -0.2) is 36.3 Å². The van der Waals surface area contributed by atoms with Crippen molar-refractivity contribution >= 4 is 30.0 Å². The molecular weight excluding hydrogens is 335 g/mol. The third-order valence-electron chi connectivity index (χ3n) is 2.97. The molecule has 4 N–H and O–H groups in total. The first-order valence-electron chi connectivity index (χ1n) is 6.62. The molecule has 1 heterocycles. The van der Waals surface area contributed by atoms with Crippen LogP contribution in [0.15, 0.2) is 34.3 Å². The molecule has 1 saturated heterocycles. The highest BCUT2D eigenvalue weighted by Crippen LogP contribution is 2.24. The minimum Gasteiger partial charge on any atom is -0.406 e. The van der Waals surface area contributed by atoms with E-state index in [0.29, 0.717) is 5.69 Å². The van der Waals surface area contributed by atoms with Gasteiger partial charge in [-0.05, 0) is 37.1 Å². The summed E-state index contributed by atoms with van der Waals surface area (Å²) < 4.78 is 39.9. The summed E-state index contributed by atoms with van der Waals surface area (Å²) in [6.07, 6.45) is -2.62. The van der Waals surface area contributed by atoms with E-state index >= 15 is 0 Å². The molecule has 0 unspecified atom stereocenters. The lowest BCUT2D eigenvalue weighted by molar-refractivity contribution is -0.274. The van der Waals surface area contributed by atoms with Crippen LogP contribution in [0.5, 0.6) is 5.75 Å². The standard InChI is InChI=1S/C13H16F3N5O.ClH/c14-13(15,16)22-10-5-3-9(4-6-10)19-11(17)20-12(18)21-7-1-2-8-21;/h3-6H,1-2,7-8H2,(H4,17,18,19,20);1H. The van der Waals surface area contributed by atoms with Gasteiger partial charge in [-0.25, -0.2) is 4.99 Å². The van der Waals surface area contributed by atoms with Gasteiger partial charge in [0.1, 0.15) is 5.75 Å². The SMILES string of the molecule is Cl.NC(=Nc1ccc(OC(F)(F)F)cc1)N=C(N)N1CCCC1. The number of aliphatic imine (C=N–C) groups is 2. The Balaban J connectivity index is 0.00000264. The van der Waals surface area contributed by atoms with E-state index in [-0.39, 0.29) is 30.1 Å². The molecule has 6 nitrogen and oxygen atoms in total. The lowest BCUT2D eigenvalue weighted by Crippen LogP contribution is -2.36. The molecule has 1 aliphatic rings. The molecule has 0 amide bonds. The summed E-state index contributed by atoms with van der Waals surface area (Å²) in [4.78, 5) is 9.84. The summed E-state index contributed by atoms with van der Waals surface area (Å²) in [5, 5.41) is 0. The van der Waals surface area contributed by atoms with Gasteiger partial charge < -0.3 is 21.1 Å². The number of alkyl halides is 3. The molecular formula is C13H17ClF3N5O. The van der Waals surface area contributed by atoms with Crippen molar-refractivity contribution in [2.24, 2.45) is 21.5 Å². The molecule has 128 valence electrons. The average Bonchev–Trinajstić information content (AvgIpc) is 2.93. The topological polar surface area (TPSA) is 89.2 Å². The van der Waals surface area contributed by atoms with Crippen LogP contribution < -0.4 is 16.2 Å². The number of likely N-dealkylation sites (tertiary alicyclic amines) is 1. The van der Waals surface area contributed by atoms with E-state index in [9.17, 15) is 13.2 Å². The third-order valence-corrected chi connectivity index (χ3v) is 2.97. The fourth-order valence-electron chi connectivity index (χ4n) is 2.01. The summed E-state index contributed by atoms with van der Waals surface area (Å²) in [5.41, 5.74) is 11.8. The maximum Gasteiger partial charge on any atom is 0.573 e. The maximum atomic E-state index is 12.0. The molecule has 0 radical (unpaired) electrons. The molecule has 1 aromatic rings. The first-order chi connectivity index (χ1) is 10.3. The van der Waals surface area contributed by atoms with E-state index in [1.807, 2.05) is 4.90 Å². The van der Waals surface area contributed by atoms with Gasteiger partial charge in [-0.3, -0.25) is 0 Å². The second-order valence-electron chi connectivity index (χ2n) is 4.68. The Morgan fingerprint density at radius 2 is 1.65 bits per heavy atom. The quantitative estimate of drug-likeness (QED) is 0.632. The number of nitrogens with two attached hydrogens (primary N) is 2. The van der Waals surface area contributed by atoms with Crippen molar-refractivity contribution in [3.8, 4) is 5.75 Å². The predicted octanol–water partition coefficient (Wildman–Crippen LogP) is 2.36. The summed E-state index contributed by atoms with van der Waals surface area (Å²) >= 11 is 0. The van der Waals surface area contributed by atoms with E-state index in [1.165, 1.54) is 12.1 Å². The van der Waals surface area contributed by atoms with Gasteiger partial charge in [-0.2, -0.15) is 4.99 Å². The van der Waals surface area contributed by atoms with Crippen LogP contribution in [0, 0.1) is 0 Å². The highest BCUT2D eigenvalue weighted by Gasteiger charge is 2.30. The van der Waals surface area contributed by atoms with Crippen molar-refractivity contribution in [2.75, 3.05) is 13.1 Å². The Kier molecular flexibility index (Phi) is 6.49. The molecule has 1 aliphatic heterocycles. The van der Waals surface area contributed by atoms with Crippen molar-refractivity contribution in [3.05, 3.63) is 24.3 Å². The van der Waals surface area contributed by atoms with Crippen LogP contribution in [-0.2, 0) is 0 Å². The van der Waals surface area contributed by atoms with Gasteiger partial charge in [0, 0.05) is 13.1 Å². The van der Waals surface area contributed by atoms with E-state index in [4.69, 9.17) is 11.5 Å². The Bertz CT molecular complexity index is 568. The molecule has 0 spiro atoms. The molecule has 2 rings (SSSR count). The number of guanidine groups is 2. The van der Waals surface area contributed by atoms with Gasteiger partial charge in [0.2, 0.25) is 5.96 Å². The van der Waals surface area contributed by atoms with Gasteiger partial charge in [0.05, 0.1) is 5.69 Å². The van der Waals surface area contributed by atoms with Crippen LogP contribution in [0.1, 0.15) is 12.8 Å². The Labute approximate surface area is 137 Å². The Morgan fingerprint density at radius 3 is 2.17 bits per heavy atom. The van der Waals surface area contributed by atoms with Gasteiger partial charge in [-0.1, -0.05) is 0 Å². The maximum absolute atomic E-state index is 12.0. The number of halogens is 4. The number of benzene rings is 1. The van der Waals surface area contributed by atoms with Crippen LogP contribution in [0.2, 0.25) is 0 Å². The Morgan fingerprint density at radius 1 is 1.09 bits per heavy atom. The Hall–Kier alpha value is -2.16. The highest BCUT2D eigenvalue weighted by molar-refractivity contribution is 5.94. The predicted molar refractivity (Wildman–Crippen MR) is 84.1 cm³/mol. The largest absolute Gasteiger partial charge is 0.573 e. The minimum atomic E-state index is -4.72. The molecule has 0 atom stereocenters.